The lowest BCUT2D eigenvalue weighted by molar-refractivity contribution is -0.133. The maximum atomic E-state index is 13.0. The summed E-state index contributed by atoms with van der Waals surface area (Å²) in [5.74, 6) is 1.62. The van der Waals surface area contributed by atoms with Crippen molar-refractivity contribution < 1.29 is 9.90 Å². The minimum atomic E-state index is -0.334. The van der Waals surface area contributed by atoms with Crippen LogP contribution in [0.4, 0.5) is 5.82 Å². The van der Waals surface area contributed by atoms with Crippen molar-refractivity contribution >= 4 is 17.2 Å². The second kappa shape index (κ2) is 13.0. The molecule has 0 radical (unpaired) electrons. The highest BCUT2D eigenvalue weighted by atomic mass is 16.3. The van der Waals surface area contributed by atoms with E-state index in [1.54, 1.807) is 10.7 Å². The Morgan fingerprint density at radius 3 is 2.51 bits per heavy atom. The lowest BCUT2D eigenvalue weighted by Crippen LogP contribution is -2.50. The zero-order valence-corrected chi connectivity index (χ0v) is 26.5. The molecular weight excluding hydrogens is 566 g/mol. The van der Waals surface area contributed by atoms with Crippen LogP contribution in [0.3, 0.4) is 0 Å². The van der Waals surface area contributed by atoms with Crippen molar-refractivity contribution in [1.29, 1.82) is 5.26 Å². The number of hydrogen-bond donors (Lipinski definition) is 2. The normalized spacial score (nSPS) is 20.0. The predicted octanol–water partition coefficient (Wildman–Crippen LogP) is 5.16. The van der Waals surface area contributed by atoms with E-state index in [0.717, 1.165) is 87.1 Å². The molecule has 11 nitrogen and oxygen atoms in total. The van der Waals surface area contributed by atoms with Crippen LogP contribution < -0.4 is 10.2 Å². The third-order valence-corrected chi connectivity index (χ3v) is 9.89. The molecule has 1 amide bonds. The van der Waals surface area contributed by atoms with E-state index in [1.807, 2.05) is 44.6 Å². The molecule has 2 aliphatic rings. The zero-order chi connectivity index (χ0) is 31.6. The summed E-state index contributed by atoms with van der Waals surface area (Å²) in [5.41, 5.74) is 3.83. The molecular formula is C34H43N9O2. The summed E-state index contributed by atoms with van der Waals surface area (Å²) in [7, 11) is 0. The van der Waals surface area contributed by atoms with Gasteiger partial charge in [-0.25, -0.2) is 14.5 Å². The van der Waals surface area contributed by atoms with Crippen LogP contribution in [-0.4, -0.2) is 66.1 Å². The van der Waals surface area contributed by atoms with Crippen LogP contribution >= 0.6 is 0 Å². The minimum absolute atomic E-state index is 0.128. The lowest BCUT2D eigenvalue weighted by Gasteiger charge is -2.41. The Bertz CT molecular complexity index is 1670. The molecule has 1 saturated heterocycles. The van der Waals surface area contributed by atoms with Crippen LogP contribution in [0, 0.1) is 22.7 Å². The number of nitrogens with one attached hydrogen (secondary N) is 1. The van der Waals surface area contributed by atoms with E-state index >= 15 is 0 Å². The fraction of sp³-hybridized carbons (Fsp3) is 0.529. The summed E-state index contributed by atoms with van der Waals surface area (Å²) in [4.78, 5) is 25.1. The van der Waals surface area contributed by atoms with Crippen LogP contribution in [0.5, 0.6) is 0 Å². The van der Waals surface area contributed by atoms with Crippen molar-refractivity contribution in [2.45, 2.75) is 84.2 Å². The first-order valence-corrected chi connectivity index (χ1v) is 16.3. The summed E-state index contributed by atoms with van der Waals surface area (Å²) in [5, 5.41) is 31.4. The maximum Gasteiger partial charge on any atom is 0.226 e. The monoisotopic (exact) mass is 609 g/mol. The first-order valence-electron chi connectivity index (χ1n) is 16.3. The number of carbonyl (C=O) groups is 1. The fourth-order valence-electron chi connectivity index (χ4n) is 7.02. The van der Waals surface area contributed by atoms with Gasteiger partial charge in [0.25, 0.3) is 0 Å². The minimum Gasteiger partial charge on any atom is -0.396 e. The number of aliphatic hydroxyl groups excluding tert-OH is 1. The summed E-state index contributed by atoms with van der Waals surface area (Å²) in [6.45, 7) is 7.89. The molecule has 4 aromatic heterocycles. The molecule has 1 saturated carbocycles. The van der Waals surface area contributed by atoms with E-state index < -0.39 is 0 Å². The molecule has 0 bridgehead atoms. The number of piperidine rings is 1. The maximum absolute atomic E-state index is 13.0. The van der Waals surface area contributed by atoms with Crippen molar-refractivity contribution in [2.75, 3.05) is 24.6 Å². The quantitative estimate of drug-likeness (QED) is 0.265. The molecule has 11 heteroatoms. The lowest BCUT2D eigenvalue weighted by atomic mass is 9.75. The number of hydrogen-bond acceptors (Lipinski definition) is 8. The Kier molecular flexibility index (Phi) is 8.85. The number of nitrogens with zero attached hydrogens (tertiary/aromatic N) is 8. The summed E-state index contributed by atoms with van der Waals surface area (Å²) < 4.78 is 3.77. The Labute approximate surface area is 264 Å². The van der Waals surface area contributed by atoms with Crippen molar-refractivity contribution in [3.63, 3.8) is 0 Å². The van der Waals surface area contributed by atoms with Crippen LogP contribution in [0.25, 0.3) is 28.0 Å². The van der Waals surface area contributed by atoms with E-state index in [-0.39, 0.29) is 24.0 Å². The van der Waals surface area contributed by atoms with Gasteiger partial charge in [0.1, 0.15) is 23.0 Å². The number of amides is 1. The second-order valence-electron chi connectivity index (χ2n) is 13.0. The number of aromatic nitrogens is 6. The first-order chi connectivity index (χ1) is 21.8. The van der Waals surface area contributed by atoms with E-state index in [4.69, 9.17) is 15.1 Å². The standard InChI is InChI=1S/C34H43N9O2/c1-4-34(33(45)39-23(2)3)12-14-41(15-13-34)30-10-7-25(18-36-30)31-32-26(17-35)19-38-43(32)22-29(40-31)27-20-37-42(21-27)28-8-5-24(6-9-28)11-16-44/h7,10,18-24,28,44H,4-6,8-9,11-16H2,1-3H3,(H,39,45)/t24-,28-. The molecule has 0 atom stereocenters. The van der Waals surface area contributed by atoms with Gasteiger partial charge in [0.2, 0.25) is 5.91 Å². The molecule has 0 spiro atoms. The SMILES string of the molecule is CCC1(C(=O)NC(C)C)CCN(c2ccc(-c3nc(-c4cnn([C@H]5CC[C@H](CCO)CC5)c4)cn4ncc(C#N)c34)cn2)CC1. The number of nitriles is 1. The Morgan fingerprint density at radius 2 is 1.87 bits per heavy atom. The molecule has 5 heterocycles. The number of aliphatic hydroxyl groups is 1. The number of anilines is 1. The Hall–Kier alpha value is -4.30. The highest BCUT2D eigenvalue weighted by Crippen LogP contribution is 2.38. The van der Waals surface area contributed by atoms with E-state index in [9.17, 15) is 15.2 Å². The largest absolute Gasteiger partial charge is 0.396 e. The van der Waals surface area contributed by atoms with Gasteiger partial charge < -0.3 is 15.3 Å². The third kappa shape index (κ3) is 6.16. The summed E-state index contributed by atoms with van der Waals surface area (Å²) in [6.07, 6.45) is 16.7. The molecule has 0 aromatic carbocycles. The van der Waals surface area contributed by atoms with Gasteiger partial charge in [0, 0.05) is 49.3 Å². The van der Waals surface area contributed by atoms with Crippen molar-refractivity contribution in [2.24, 2.45) is 11.3 Å². The molecule has 6 rings (SSSR count). The van der Waals surface area contributed by atoms with Crippen LogP contribution in [0.1, 0.15) is 83.7 Å². The molecule has 45 heavy (non-hydrogen) atoms. The second-order valence-corrected chi connectivity index (χ2v) is 13.0. The van der Waals surface area contributed by atoms with E-state index in [2.05, 4.69) is 39.2 Å². The highest BCUT2D eigenvalue weighted by Gasteiger charge is 2.40. The Balaban J connectivity index is 1.23. The first kappa shape index (κ1) is 30.7. The number of fused-ring (bicyclic) bond motifs is 1. The van der Waals surface area contributed by atoms with Gasteiger partial charge in [-0.1, -0.05) is 6.92 Å². The van der Waals surface area contributed by atoms with Gasteiger partial charge in [-0.05, 0) is 83.3 Å². The molecule has 1 aliphatic carbocycles. The number of pyridine rings is 1. The van der Waals surface area contributed by atoms with Crippen molar-refractivity contribution in [3.8, 4) is 28.6 Å². The van der Waals surface area contributed by atoms with Gasteiger partial charge in [-0.2, -0.15) is 15.5 Å². The van der Waals surface area contributed by atoms with Crippen LogP contribution in [0.15, 0.2) is 43.1 Å². The smallest absolute Gasteiger partial charge is 0.226 e. The summed E-state index contributed by atoms with van der Waals surface area (Å²) >= 11 is 0. The third-order valence-electron chi connectivity index (χ3n) is 9.89. The Morgan fingerprint density at radius 1 is 1.09 bits per heavy atom. The van der Waals surface area contributed by atoms with Crippen LogP contribution in [0.2, 0.25) is 0 Å². The van der Waals surface area contributed by atoms with Gasteiger partial charge in [-0.15, -0.1) is 0 Å². The average Bonchev–Trinajstić information content (AvgIpc) is 3.73. The zero-order valence-electron chi connectivity index (χ0n) is 26.5. The summed E-state index contributed by atoms with van der Waals surface area (Å²) in [6, 6.07) is 6.73. The fourth-order valence-corrected chi connectivity index (χ4v) is 7.02. The van der Waals surface area contributed by atoms with E-state index in [1.165, 1.54) is 0 Å². The van der Waals surface area contributed by atoms with Crippen molar-refractivity contribution in [3.05, 3.63) is 48.7 Å². The van der Waals surface area contributed by atoms with Crippen molar-refractivity contribution in [1.82, 2.24) is 34.7 Å². The molecule has 2 fully saturated rings. The van der Waals surface area contributed by atoms with Gasteiger partial charge in [0.15, 0.2) is 0 Å². The van der Waals surface area contributed by atoms with Crippen LogP contribution in [-0.2, 0) is 4.79 Å². The number of carbonyl (C=O) groups excluding carboxylic acids is 1. The van der Waals surface area contributed by atoms with Gasteiger partial charge >= 0.3 is 0 Å². The van der Waals surface area contributed by atoms with Gasteiger partial charge in [0.05, 0.1) is 41.4 Å². The van der Waals surface area contributed by atoms with Gasteiger partial charge in [-0.3, -0.25) is 9.48 Å². The molecule has 2 N–H and O–H groups in total. The molecule has 236 valence electrons. The van der Waals surface area contributed by atoms with E-state index in [0.29, 0.717) is 28.7 Å². The molecule has 4 aromatic rings. The predicted molar refractivity (Wildman–Crippen MR) is 172 cm³/mol. The molecule has 1 aliphatic heterocycles. The highest BCUT2D eigenvalue weighted by molar-refractivity contribution is 5.84. The topological polar surface area (TPSA) is 137 Å². The number of rotatable bonds is 9. The molecule has 0 unspecified atom stereocenters. The average molecular weight is 610 g/mol.